The van der Waals surface area contributed by atoms with Crippen molar-refractivity contribution >= 4 is 11.0 Å². The van der Waals surface area contributed by atoms with E-state index in [1.807, 2.05) is 12.3 Å². The lowest BCUT2D eigenvalue weighted by atomic mass is 10.0. The monoisotopic (exact) mass is 231 g/mol. The lowest BCUT2D eigenvalue weighted by Crippen LogP contribution is -2.19. The first-order valence-corrected chi connectivity index (χ1v) is 6.32. The minimum atomic E-state index is 0.426. The Morgan fingerprint density at radius 2 is 2.41 bits per heavy atom. The molecule has 3 rings (SSSR count). The van der Waals surface area contributed by atoms with E-state index in [2.05, 4.69) is 15.0 Å². The lowest BCUT2D eigenvalue weighted by Gasteiger charge is -2.21. The number of hydrogen-bond acceptors (Lipinski definition) is 3. The third-order valence-electron chi connectivity index (χ3n) is 3.31. The lowest BCUT2D eigenvalue weighted by molar-refractivity contribution is 0.0112. The quantitative estimate of drug-likeness (QED) is 0.882. The van der Waals surface area contributed by atoms with E-state index in [0.29, 0.717) is 6.10 Å². The van der Waals surface area contributed by atoms with Gasteiger partial charge in [0.2, 0.25) is 0 Å². The SMILES string of the molecule is c1cc2nc(CCC3CCCCO3)[nH]c2cn1. The Kier molecular flexibility index (Phi) is 3.05. The van der Waals surface area contributed by atoms with Gasteiger partial charge in [-0.1, -0.05) is 0 Å². The summed E-state index contributed by atoms with van der Waals surface area (Å²) in [5.74, 6) is 1.04. The van der Waals surface area contributed by atoms with Crippen LogP contribution in [0.15, 0.2) is 18.5 Å². The Morgan fingerprint density at radius 3 is 3.24 bits per heavy atom. The second-order valence-electron chi connectivity index (χ2n) is 4.60. The fourth-order valence-electron chi connectivity index (χ4n) is 2.36. The van der Waals surface area contributed by atoms with Crippen LogP contribution in [0, 0.1) is 0 Å². The number of nitrogens with zero attached hydrogens (tertiary/aromatic N) is 2. The molecule has 1 aliphatic rings. The second kappa shape index (κ2) is 4.84. The summed E-state index contributed by atoms with van der Waals surface area (Å²) in [6.45, 7) is 0.925. The van der Waals surface area contributed by atoms with Gasteiger partial charge in [-0.2, -0.15) is 0 Å². The zero-order valence-electron chi connectivity index (χ0n) is 9.85. The van der Waals surface area contributed by atoms with Gasteiger partial charge in [0.05, 0.1) is 23.3 Å². The molecule has 1 N–H and O–H groups in total. The third kappa shape index (κ3) is 2.47. The van der Waals surface area contributed by atoms with Gasteiger partial charge in [0.25, 0.3) is 0 Å². The molecule has 0 saturated carbocycles. The molecule has 2 aromatic rings. The van der Waals surface area contributed by atoms with Crippen molar-refractivity contribution < 1.29 is 4.74 Å². The van der Waals surface area contributed by atoms with E-state index >= 15 is 0 Å². The normalized spacial score (nSPS) is 20.8. The summed E-state index contributed by atoms with van der Waals surface area (Å²) in [5, 5.41) is 0. The van der Waals surface area contributed by atoms with E-state index in [4.69, 9.17) is 4.74 Å². The van der Waals surface area contributed by atoms with Gasteiger partial charge in [-0.05, 0) is 31.7 Å². The van der Waals surface area contributed by atoms with Crippen LogP contribution in [0.3, 0.4) is 0 Å². The van der Waals surface area contributed by atoms with Gasteiger partial charge in [-0.25, -0.2) is 4.98 Å². The Hall–Kier alpha value is -1.42. The average Bonchev–Trinajstić information content (AvgIpc) is 2.80. The molecule has 0 aliphatic carbocycles. The van der Waals surface area contributed by atoms with Gasteiger partial charge in [0.15, 0.2) is 0 Å². The smallest absolute Gasteiger partial charge is 0.107 e. The van der Waals surface area contributed by atoms with Crippen molar-refractivity contribution in [1.29, 1.82) is 0 Å². The molecule has 1 saturated heterocycles. The molecule has 1 unspecified atom stereocenters. The zero-order chi connectivity index (χ0) is 11.5. The predicted molar refractivity (Wildman–Crippen MR) is 65.8 cm³/mol. The number of aryl methyl sites for hydroxylation is 1. The van der Waals surface area contributed by atoms with Crippen molar-refractivity contribution in [2.24, 2.45) is 0 Å². The fourth-order valence-corrected chi connectivity index (χ4v) is 2.36. The van der Waals surface area contributed by atoms with E-state index < -0.39 is 0 Å². The van der Waals surface area contributed by atoms with Crippen LogP contribution in [-0.4, -0.2) is 27.7 Å². The molecule has 2 aromatic heterocycles. The van der Waals surface area contributed by atoms with Crippen molar-refractivity contribution in [1.82, 2.24) is 15.0 Å². The number of nitrogens with one attached hydrogen (secondary N) is 1. The average molecular weight is 231 g/mol. The van der Waals surface area contributed by atoms with Gasteiger partial charge >= 0.3 is 0 Å². The summed E-state index contributed by atoms with van der Waals surface area (Å²) in [5.41, 5.74) is 2.02. The summed E-state index contributed by atoms with van der Waals surface area (Å²) in [4.78, 5) is 11.9. The molecular weight excluding hydrogens is 214 g/mol. The van der Waals surface area contributed by atoms with Crippen LogP contribution in [-0.2, 0) is 11.2 Å². The van der Waals surface area contributed by atoms with Gasteiger partial charge in [-0.15, -0.1) is 0 Å². The van der Waals surface area contributed by atoms with E-state index in [9.17, 15) is 0 Å². The van der Waals surface area contributed by atoms with Crippen LogP contribution >= 0.6 is 0 Å². The van der Waals surface area contributed by atoms with Gasteiger partial charge < -0.3 is 9.72 Å². The number of hydrogen-bond donors (Lipinski definition) is 1. The molecule has 0 spiro atoms. The molecule has 1 fully saturated rings. The number of rotatable bonds is 3. The molecule has 1 aliphatic heterocycles. The first kappa shape index (κ1) is 10.7. The highest BCUT2D eigenvalue weighted by molar-refractivity contribution is 5.73. The highest BCUT2D eigenvalue weighted by atomic mass is 16.5. The van der Waals surface area contributed by atoms with Crippen LogP contribution in [0.25, 0.3) is 11.0 Å². The van der Waals surface area contributed by atoms with Crippen molar-refractivity contribution in [3.63, 3.8) is 0 Å². The Balaban J connectivity index is 1.64. The minimum absolute atomic E-state index is 0.426. The summed E-state index contributed by atoms with van der Waals surface area (Å²) in [7, 11) is 0. The first-order valence-electron chi connectivity index (χ1n) is 6.32. The number of aromatic nitrogens is 3. The number of H-pyrrole nitrogens is 1. The maximum Gasteiger partial charge on any atom is 0.107 e. The van der Waals surface area contributed by atoms with E-state index in [1.54, 1.807) is 6.20 Å². The molecule has 0 radical (unpaired) electrons. The van der Waals surface area contributed by atoms with Crippen molar-refractivity contribution in [2.75, 3.05) is 6.61 Å². The summed E-state index contributed by atoms with van der Waals surface area (Å²) in [6.07, 6.45) is 9.76. The van der Waals surface area contributed by atoms with Crippen LogP contribution in [0.5, 0.6) is 0 Å². The zero-order valence-corrected chi connectivity index (χ0v) is 9.85. The molecule has 17 heavy (non-hydrogen) atoms. The number of fused-ring (bicyclic) bond motifs is 1. The molecule has 0 bridgehead atoms. The molecule has 3 heterocycles. The number of aromatic amines is 1. The minimum Gasteiger partial charge on any atom is -0.378 e. The predicted octanol–water partition coefficient (Wildman–Crippen LogP) is 2.46. The Morgan fingerprint density at radius 1 is 1.41 bits per heavy atom. The largest absolute Gasteiger partial charge is 0.378 e. The molecule has 4 nitrogen and oxygen atoms in total. The Labute approximate surface area is 100 Å². The highest BCUT2D eigenvalue weighted by Crippen LogP contribution is 2.18. The molecule has 1 atom stereocenters. The maximum atomic E-state index is 5.72. The van der Waals surface area contributed by atoms with Crippen LogP contribution in [0.1, 0.15) is 31.5 Å². The summed E-state index contributed by atoms with van der Waals surface area (Å²) >= 11 is 0. The van der Waals surface area contributed by atoms with E-state index in [0.717, 1.165) is 36.3 Å². The first-order chi connectivity index (χ1) is 8.42. The standard InChI is InChI=1S/C13H17N3O/c1-2-8-17-10(3-1)4-5-13-15-11-6-7-14-9-12(11)16-13/h6-7,9-10H,1-5,8H2,(H,15,16). The summed E-state index contributed by atoms with van der Waals surface area (Å²) < 4.78 is 5.72. The van der Waals surface area contributed by atoms with Crippen LogP contribution in [0.2, 0.25) is 0 Å². The van der Waals surface area contributed by atoms with Crippen molar-refractivity contribution in [3.8, 4) is 0 Å². The van der Waals surface area contributed by atoms with Crippen molar-refractivity contribution in [3.05, 3.63) is 24.3 Å². The topological polar surface area (TPSA) is 50.8 Å². The molecular formula is C13H17N3O. The van der Waals surface area contributed by atoms with Crippen molar-refractivity contribution in [2.45, 2.75) is 38.2 Å². The van der Waals surface area contributed by atoms with Crippen LogP contribution < -0.4 is 0 Å². The van der Waals surface area contributed by atoms with E-state index in [-0.39, 0.29) is 0 Å². The fraction of sp³-hybridized carbons (Fsp3) is 0.538. The molecule has 90 valence electrons. The van der Waals surface area contributed by atoms with E-state index in [1.165, 1.54) is 19.3 Å². The highest BCUT2D eigenvalue weighted by Gasteiger charge is 2.14. The molecule has 0 aromatic carbocycles. The van der Waals surface area contributed by atoms with Gasteiger partial charge in [0, 0.05) is 19.2 Å². The third-order valence-corrected chi connectivity index (χ3v) is 3.31. The molecule has 0 amide bonds. The number of pyridine rings is 1. The summed E-state index contributed by atoms with van der Waals surface area (Å²) in [6, 6.07) is 1.94. The van der Waals surface area contributed by atoms with Gasteiger partial charge in [-0.3, -0.25) is 4.98 Å². The number of imidazole rings is 1. The van der Waals surface area contributed by atoms with Gasteiger partial charge in [0.1, 0.15) is 5.82 Å². The Bertz CT molecular complexity index is 455. The van der Waals surface area contributed by atoms with Crippen LogP contribution in [0.4, 0.5) is 0 Å². The molecule has 4 heteroatoms. The maximum absolute atomic E-state index is 5.72. The second-order valence-corrected chi connectivity index (χ2v) is 4.60. The number of ether oxygens (including phenoxy) is 1.